The highest BCUT2D eigenvalue weighted by molar-refractivity contribution is 7.22. The molecule has 1 aliphatic rings. The number of carbonyl (C=O) groups excluding carboxylic acids is 1. The number of para-hydroxylation sites is 1. The Morgan fingerprint density at radius 1 is 1.46 bits per heavy atom. The number of hydrogen-bond donors (Lipinski definition) is 0. The van der Waals surface area contributed by atoms with Gasteiger partial charge in [-0.1, -0.05) is 30.4 Å². The zero-order valence-corrected chi connectivity index (χ0v) is 15.8. The standard InChI is InChI=1S/C19H22N4O2S/c1-3-13-6-4-8-15-16(13)21-19(26-15)23(12-14-7-5-11-25-14)18(24)17-20-9-10-22(17)2/h4,6,8-10,14H,3,5,7,11-12H2,1-2H3. The number of imidazole rings is 1. The van der Waals surface area contributed by atoms with Crippen LogP contribution in [0.2, 0.25) is 0 Å². The number of thiazole rings is 1. The number of benzene rings is 1. The third kappa shape index (κ3) is 3.12. The van der Waals surface area contributed by atoms with Crippen molar-refractivity contribution in [1.29, 1.82) is 0 Å². The lowest BCUT2D eigenvalue weighted by molar-refractivity contribution is 0.0906. The van der Waals surface area contributed by atoms with Crippen LogP contribution in [0.5, 0.6) is 0 Å². The van der Waals surface area contributed by atoms with E-state index in [0.717, 1.165) is 36.1 Å². The number of hydrogen-bond acceptors (Lipinski definition) is 5. The molecule has 2 aromatic heterocycles. The highest BCUT2D eigenvalue weighted by atomic mass is 32.1. The Morgan fingerprint density at radius 3 is 3.04 bits per heavy atom. The van der Waals surface area contributed by atoms with Crippen molar-refractivity contribution in [3.8, 4) is 0 Å². The Balaban J connectivity index is 1.74. The summed E-state index contributed by atoms with van der Waals surface area (Å²) in [5, 5.41) is 0.712. The maximum Gasteiger partial charge on any atom is 0.296 e. The van der Waals surface area contributed by atoms with Crippen LogP contribution in [-0.4, -0.2) is 39.7 Å². The lowest BCUT2D eigenvalue weighted by Crippen LogP contribution is -2.38. The van der Waals surface area contributed by atoms with E-state index >= 15 is 0 Å². The van der Waals surface area contributed by atoms with Gasteiger partial charge in [-0.2, -0.15) is 0 Å². The number of amides is 1. The predicted molar refractivity (Wildman–Crippen MR) is 103 cm³/mol. The zero-order chi connectivity index (χ0) is 18.1. The first-order chi connectivity index (χ1) is 12.7. The molecule has 1 amide bonds. The van der Waals surface area contributed by atoms with Crippen LogP contribution >= 0.6 is 11.3 Å². The Kier molecular flexibility index (Phi) is 4.74. The van der Waals surface area contributed by atoms with Crippen molar-refractivity contribution < 1.29 is 9.53 Å². The molecule has 0 saturated carbocycles. The number of rotatable bonds is 5. The minimum absolute atomic E-state index is 0.0527. The molecule has 0 radical (unpaired) electrons. The van der Waals surface area contributed by atoms with Crippen molar-refractivity contribution in [2.45, 2.75) is 32.3 Å². The largest absolute Gasteiger partial charge is 0.376 e. The van der Waals surface area contributed by atoms with Gasteiger partial charge in [0.15, 0.2) is 11.0 Å². The van der Waals surface area contributed by atoms with Gasteiger partial charge < -0.3 is 9.30 Å². The smallest absolute Gasteiger partial charge is 0.296 e. The second-order valence-electron chi connectivity index (χ2n) is 6.53. The molecule has 7 heteroatoms. The Hall–Kier alpha value is -2.25. The van der Waals surface area contributed by atoms with Crippen LogP contribution in [0.25, 0.3) is 10.2 Å². The van der Waals surface area contributed by atoms with Gasteiger partial charge in [0, 0.05) is 26.0 Å². The molecule has 4 rings (SSSR count). The third-order valence-corrected chi connectivity index (χ3v) is 5.81. The highest BCUT2D eigenvalue weighted by Crippen LogP contribution is 2.32. The Labute approximate surface area is 156 Å². The van der Waals surface area contributed by atoms with Gasteiger partial charge in [0.2, 0.25) is 0 Å². The summed E-state index contributed by atoms with van der Waals surface area (Å²) in [6.45, 7) is 3.39. The first-order valence-corrected chi connectivity index (χ1v) is 9.78. The van der Waals surface area contributed by atoms with Crippen LogP contribution in [0, 0.1) is 0 Å². The van der Waals surface area contributed by atoms with E-state index in [0.29, 0.717) is 17.5 Å². The molecule has 1 aliphatic heterocycles. The summed E-state index contributed by atoms with van der Waals surface area (Å²) < 4.78 is 8.62. The molecule has 1 atom stereocenters. The van der Waals surface area contributed by atoms with E-state index < -0.39 is 0 Å². The van der Waals surface area contributed by atoms with Crippen molar-refractivity contribution >= 4 is 32.6 Å². The molecule has 0 N–H and O–H groups in total. The normalized spacial score (nSPS) is 17.1. The van der Waals surface area contributed by atoms with E-state index in [2.05, 4.69) is 24.0 Å². The number of carbonyl (C=O) groups is 1. The van der Waals surface area contributed by atoms with Gasteiger partial charge in [0.1, 0.15) is 0 Å². The molecule has 3 heterocycles. The van der Waals surface area contributed by atoms with Gasteiger partial charge >= 0.3 is 0 Å². The van der Waals surface area contributed by atoms with E-state index in [1.54, 1.807) is 33.2 Å². The van der Waals surface area contributed by atoms with Gasteiger partial charge in [0.25, 0.3) is 5.91 Å². The molecule has 1 saturated heterocycles. The first kappa shape index (κ1) is 17.2. The fraction of sp³-hybridized carbons (Fsp3) is 0.421. The molecule has 1 fully saturated rings. The topological polar surface area (TPSA) is 60.2 Å². The van der Waals surface area contributed by atoms with Gasteiger partial charge in [-0.25, -0.2) is 9.97 Å². The fourth-order valence-electron chi connectivity index (χ4n) is 3.33. The lowest BCUT2D eigenvalue weighted by Gasteiger charge is -2.22. The summed E-state index contributed by atoms with van der Waals surface area (Å²) in [5.74, 6) is 0.281. The van der Waals surface area contributed by atoms with Gasteiger partial charge in [-0.15, -0.1) is 0 Å². The summed E-state index contributed by atoms with van der Waals surface area (Å²) in [7, 11) is 1.83. The average Bonchev–Trinajstić information content (AvgIpc) is 3.38. The molecule has 3 aromatic rings. The predicted octanol–water partition coefficient (Wildman–Crippen LogP) is 3.42. The number of aromatic nitrogens is 3. The maximum absolute atomic E-state index is 13.2. The lowest BCUT2D eigenvalue weighted by atomic mass is 10.1. The molecule has 0 bridgehead atoms. The fourth-order valence-corrected chi connectivity index (χ4v) is 4.35. The minimum atomic E-state index is -0.134. The molecular formula is C19H22N4O2S. The van der Waals surface area contributed by atoms with E-state index in [1.807, 2.05) is 13.1 Å². The molecule has 6 nitrogen and oxygen atoms in total. The molecule has 1 aromatic carbocycles. The molecule has 136 valence electrons. The van der Waals surface area contributed by atoms with E-state index in [4.69, 9.17) is 9.72 Å². The maximum atomic E-state index is 13.2. The summed E-state index contributed by atoms with van der Waals surface area (Å²) in [5.41, 5.74) is 2.19. The number of ether oxygens (including phenoxy) is 1. The van der Waals surface area contributed by atoms with Crippen LogP contribution in [0.1, 0.15) is 35.9 Å². The SMILES string of the molecule is CCc1cccc2sc(N(CC3CCCO3)C(=O)c3nccn3C)nc12. The number of fused-ring (bicyclic) bond motifs is 1. The summed E-state index contributed by atoms with van der Waals surface area (Å²) in [6, 6.07) is 6.20. The van der Waals surface area contributed by atoms with Crippen molar-refractivity contribution in [2.75, 3.05) is 18.1 Å². The Morgan fingerprint density at radius 2 is 2.35 bits per heavy atom. The average molecular weight is 370 g/mol. The van der Waals surface area contributed by atoms with Gasteiger partial charge in [-0.05, 0) is 30.9 Å². The van der Waals surface area contributed by atoms with Crippen molar-refractivity contribution in [2.24, 2.45) is 7.05 Å². The van der Waals surface area contributed by atoms with E-state index in [9.17, 15) is 4.79 Å². The van der Waals surface area contributed by atoms with Crippen LogP contribution in [0.4, 0.5) is 5.13 Å². The second kappa shape index (κ2) is 7.17. The number of nitrogens with zero attached hydrogens (tertiary/aromatic N) is 4. The van der Waals surface area contributed by atoms with E-state index in [-0.39, 0.29) is 12.0 Å². The monoisotopic (exact) mass is 370 g/mol. The molecule has 0 aliphatic carbocycles. The quantitative estimate of drug-likeness (QED) is 0.690. The highest BCUT2D eigenvalue weighted by Gasteiger charge is 2.29. The zero-order valence-electron chi connectivity index (χ0n) is 15.0. The minimum Gasteiger partial charge on any atom is -0.376 e. The van der Waals surface area contributed by atoms with Crippen LogP contribution in [0.3, 0.4) is 0 Å². The van der Waals surface area contributed by atoms with Crippen LogP contribution in [0.15, 0.2) is 30.6 Å². The molecule has 1 unspecified atom stereocenters. The Bertz CT molecular complexity index is 927. The molecule has 0 spiro atoms. The van der Waals surface area contributed by atoms with Gasteiger partial charge in [0.05, 0.1) is 22.9 Å². The van der Waals surface area contributed by atoms with Crippen LogP contribution in [-0.2, 0) is 18.2 Å². The number of anilines is 1. The molecule has 26 heavy (non-hydrogen) atoms. The molecular weight excluding hydrogens is 348 g/mol. The van der Waals surface area contributed by atoms with Crippen molar-refractivity contribution in [1.82, 2.24) is 14.5 Å². The van der Waals surface area contributed by atoms with Crippen LogP contribution < -0.4 is 4.90 Å². The van der Waals surface area contributed by atoms with Gasteiger partial charge in [-0.3, -0.25) is 9.69 Å². The summed E-state index contributed by atoms with van der Waals surface area (Å²) >= 11 is 1.55. The number of aryl methyl sites for hydroxylation is 2. The first-order valence-electron chi connectivity index (χ1n) is 8.96. The third-order valence-electron chi connectivity index (χ3n) is 4.77. The summed E-state index contributed by atoms with van der Waals surface area (Å²) in [6.07, 6.45) is 6.40. The van der Waals surface area contributed by atoms with Crippen molar-refractivity contribution in [3.05, 3.63) is 42.0 Å². The second-order valence-corrected chi connectivity index (χ2v) is 7.54. The summed E-state index contributed by atoms with van der Waals surface area (Å²) in [4.78, 5) is 24.0. The van der Waals surface area contributed by atoms with E-state index in [1.165, 1.54) is 5.56 Å². The van der Waals surface area contributed by atoms with Crippen molar-refractivity contribution in [3.63, 3.8) is 0 Å².